The lowest BCUT2D eigenvalue weighted by Gasteiger charge is -2.38. The Morgan fingerprint density at radius 3 is 0.776 bits per heavy atom. The molecule has 0 N–H and O–H groups in total. The van der Waals surface area contributed by atoms with E-state index in [4.69, 9.17) is 0 Å². The summed E-state index contributed by atoms with van der Waals surface area (Å²) >= 11 is 0. The molecule has 7 aromatic carbocycles. The Balaban J connectivity index is 1.68. The summed E-state index contributed by atoms with van der Waals surface area (Å²) < 4.78 is 96.6. The van der Waals surface area contributed by atoms with Gasteiger partial charge in [0.2, 0.25) is 0 Å². The molecule has 0 atom stereocenters. The molecule has 0 bridgehead atoms. The van der Waals surface area contributed by atoms with Crippen LogP contribution >= 0.6 is 0 Å². The van der Waals surface area contributed by atoms with Gasteiger partial charge in [0.15, 0.2) is 0 Å². The number of halogens is 6. The topological polar surface area (TPSA) is 9.86 Å². The van der Waals surface area contributed by atoms with Gasteiger partial charge in [0.25, 0.3) is 0 Å². The SMILES string of the molecule is CC(C)(C)c1ccc2c(c1)c1cc(C(C)(C)C)ccc1n2-c1c(-c2cccc(C(F)(F)F)c2)c(C(C)(C)C)c(-n2c3ccc(C(C)(C)C)cc3c3cc(C(C)(C)C)ccc32)c(C(C)(C)C)c1-c1cccc(C(F)(F)F)c1. The molecule has 9 aromatic rings. The maximum atomic E-state index is 15.4. The van der Waals surface area contributed by atoms with Crippen molar-refractivity contribution in [2.24, 2.45) is 0 Å². The van der Waals surface area contributed by atoms with Gasteiger partial charge in [0.05, 0.1) is 44.6 Å². The molecule has 0 fully saturated rings. The summed E-state index contributed by atoms with van der Waals surface area (Å²) in [5.41, 5.74) is 7.88. The molecule has 8 heteroatoms. The van der Waals surface area contributed by atoms with E-state index in [9.17, 15) is 0 Å². The fourth-order valence-electron chi connectivity index (χ4n) is 11.3. The van der Waals surface area contributed by atoms with Crippen LogP contribution in [0.2, 0.25) is 0 Å². The van der Waals surface area contributed by atoms with Crippen molar-refractivity contribution in [3.05, 3.63) is 166 Å². The van der Waals surface area contributed by atoms with Crippen LogP contribution in [0.5, 0.6) is 0 Å². The molecule has 2 aromatic heterocycles. The van der Waals surface area contributed by atoms with E-state index < -0.39 is 34.3 Å². The number of hydrogen-bond donors (Lipinski definition) is 0. The first-order valence-corrected chi connectivity index (χ1v) is 26.6. The van der Waals surface area contributed by atoms with Crippen LogP contribution < -0.4 is 0 Å². The number of rotatable bonds is 4. The Kier molecular flexibility index (Phi) is 12.6. The van der Waals surface area contributed by atoms with Gasteiger partial charge in [-0.1, -0.05) is 173 Å². The summed E-state index contributed by atoms with van der Waals surface area (Å²) in [7, 11) is 0. The molecular formula is C68H74F6N2. The minimum atomic E-state index is -4.71. The highest BCUT2D eigenvalue weighted by molar-refractivity contribution is 6.14. The highest BCUT2D eigenvalue weighted by Gasteiger charge is 2.41. The van der Waals surface area contributed by atoms with Crippen LogP contribution in [0.1, 0.15) is 169 Å². The number of hydrogen-bond acceptors (Lipinski definition) is 0. The summed E-state index contributed by atoms with van der Waals surface area (Å²) in [5, 5.41) is 3.88. The third-order valence-electron chi connectivity index (χ3n) is 15.3. The summed E-state index contributed by atoms with van der Waals surface area (Å²) in [6.45, 7) is 38.7. The molecule has 0 aliphatic carbocycles. The van der Waals surface area contributed by atoms with Gasteiger partial charge in [-0.25, -0.2) is 0 Å². The molecule has 0 aliphatic rings. The van der Waals surface area contributed by atoms with E-state index in [0.29, 0.717) is 27.9 Å². The summed E-state index contributed by atoms with van der Waals surface area (Å²) in [6.07, 6.45) is -9.42. The minimum absolute atomic E-state index is 0.212. The van der Waals surface area contributed by atoms with Gasteiger partial charge < -0.3 is 9.13 Å². The Morgan fingerprint density at radius 1 is 0.276 bits per heavy atom. The van der Waals surface area contributed by atoms with E-state index in [1.54, 1.807) is 12.1 Å². The van der Waals surface area contributed by atoms with Crippen molar-refractivity contribution in [1.29, 1.82) is 0 Å². The molecule has 0 unspecified atom stereocenters. The van der Waals surface area contributed by atoms with E-state index in [1.807, 2.05) is 0 Å². The van der Waals surface area contributed by atoms with Gasteiger partial charge in [0.1, 0.15) is 0 Å². The molecule has 0 spiro atoms. The second-order valence-electron chi connectivity index (χ2n) is 27.5. The molecular weight excluding hydrogens is 959 g/mol. The lowest BCUT2D eigenvalue weighted by Crippen LogP contribution is -2.26. The fourth-order valence-corrected chi connectivity index (χ4v) is 11.3. The molecule has 0 saturated carbocycles. The second kappa shape index (κ2) is 17.6. The largest absolute Gasteiger partial charge is 0.416 e. The number of benzene rings is 7. The van der Waals surface area contributed by atoms with Gasteiger partial charge in [0, 0.05) is 32.7 Å². The van der Waals surface area contributed by atoms with E-state index in [0.717, 1.165) is 94.8 Å². The summed E-state index contributed by atoms with van der Waals surface area (Å²) in [4.78, 5) is 0. The van der Waals surface area contributed by atoms with E-state index in [1.165, 1.54) is 24.3 Å². The normalized spacial score (nSPS) is 13.8. The van der Waals surface area contributed by atoms with E-state index >= 15 is 26.3 Å². The maximum absolute atomic E-state index is 15.4. The zero-order chi connectivity index (χ0) is 56.0. The Morgan fingerprint density at radius 2 is 0.539 bits per heavy atom. The van der Waals surface area contributed by atoms with Crippen LogP contribution in [0, 0.1) is 0 Å². The average Bonchev–Trinajstić information content (AvgIpc) is 3.82. The molecule has 0 radical (unpaired) electrons. The Bertz CT molecular complexity index is 3530. The lowest BCUT2D eigenvalue weighted by atomic mass is 9.71. The monoisotopic (exact) mass is 1030 g/mol. The highest BCUT2D eigenvalue weighted by Crippen LogP contribution is 2.56. The van der Waals surface area contributed by atoms with Gasteiger partial charge in [-0.2, -0.15) is 26.3 Å². The molecule has 0 aliphatic heterocycles. The predicted octanol–water partition coefficient (Wildman–Crippen LogP) is 21.0. The molecule has 398 valence electrons. The standard InChI is InChI=1S/C68H74F6N2/c1-61(2,3)41-25-29-51-47(35-41)48-36-42(62(4,5)6)26-30-52(48)75(51)59-55(39-21-19-23-45(33-39)67(69,70)71)57(65(13,14)15)60(58(66(16,17)18)56(59)40-22-20-24-46(34-40)68(72,73)74)76-53-31-27-43(63(7,8)9)37-49(53)50-38-44(64(10,11)12)28-32-54(50)76/h19-38H,1-18H3. The molecule has 9 rings (SSSR count). The number of aromatic nitrogens is 2. The second-order valence-corrected chi connectivity index (χ2v) is 27.5. The van der Waals surface area contributed by atoms with Crippen molar-refractivity contribution in [2.75, 3.05) is 0 Å². The highest BCUT2D eigenvalue weighted by atomic mass is 19.4. The Labute approximate surface area is 446 Å². The number of nitrogens with zero attached hydrogens (tertiary/aromatic N) is 2. The van der Waals surface area contributed by atoms with Crippen LogP contribution in [-0.2, 0) is 44.8 Å². The van der Waals surface area contributed by atoms with Crippen molar-refractivity contribution in [1.82, 2.24) is 9.13 Å². The fraction of sp³-hybridized carbons (Fsp3) is 0.382. The number of alkyl halides is 6. The number of fused-ring (bicyclic) bond motifs is 6. The van der Waals surface area contributed by atoms with Crippen LogP contribution in [0.25, 0.3) is 77.2 Å². The van der Waals surface area contributed by atoms with Crippen molar-refractivity contribution < 1.29 is 26.3 Å². The third-order valence-corrected chi connectivity index (χ3v) is 15.3. The van der Waals surface area contributed by atoms with Crippen molar-refractivity contribution >= 4 is 43.6 Å². The summed E-state index contributed by atoms with van der Waals surface area (Å²) in [5.74, 6) is 0. The minimum Gasteiger partial charge on any atom is -0.309 e. The molecule has 0 amide bonds. The summed E-state index contributed by atoms with van der Waals surface area (Å²) in [6, 6.07) is 37.0. The van der Waals surface area contributed by atoms with Gasteiger partial charge >= 0.3 is 12.4 Å². The average molecular weight is 1030 g/mol. The predicted molar refractivity (Wildman–Crippen MR) is 308 cm³/mol. The first-order valence-electron chi connectivity index (χ1n) is 26.6. The zero-order valence-corrected chi connectivity index (χ0v) is 47.7. The van der Waals surface area contributed by atoms with E-state index in [2.05, 4.69) is 207 Å². The maximum Gasteiger partial charge on any atom is 0.416 e. The zero-order valence-electron chi connectivity index (χ0n) is 47.7. The lowest BCUT2D eigenvalue weighted by molar-refractivity contribution is -0.138. The molecule has 0 saturated heterocycles. The van der Waals surface area contributed by atoms with E-state index in [-0.39, 0.29) is 21.7 Å². The van der Waals surface area contributed by atoms with Crippen LogP contribution in [-0.4, -0.2) is 9.13 Å². The first kappa shape index (κ1) is 54.5. The first-order chi connectivity index (χ1) is 34.8. The van der Waals surface area contributed by atoms with Crippen LogP contribution in [0.15, 0.2) is 121 Å². The molecule has 2 heterocycles. The third kappa shape index (κ3) is 9.54. The van der Waals surface area contributed by atoms with Gasteiger partial charge in [-0.15, -0.1) is 0 Å². The molecule has 2 nitrogen and oxygen atoms in total. The van der Waals surface area contributed by atoms with Gasteiger partial charge in [-0.3, -0.25) is 0 Å². The quantitative estimate of drug-likeness (QED) is 0.156. The van der Waals surface area contributed by atoms with Crippen LogP contribution in [0.4, 0.5) is 26.3 Å². The smallest absolute Gasteiger partial charge is 0.309 e. The van der Waals surface area contributed by atoms with Crippen molar-refractivity contribution in [2.45, 2.75) is 169 Å². The van der Waals surface area contributed by atoms with Crippen molar-refractivity contribution in [3.8, 4) is 33.6 Å². The van der Waals surface area contributed by atoms with Gasteiger partial charge in [-0.05, 0) is 150 Å². The Hall–Kier alpha value is -6.28. The molecule has 76 heavy (non-hydrogen) atoms. The van der Waals surface area contributed by atoms with Crippen molar-refractivity contribution in [3.63, 3.8) is 0 Å². The van der Waals surface area contributed by atoms with Crippen LogP contribution in [0.3, 0.4) is 0 Å².